The average Bonchev–Trinajstić information content (AvgIpc) is 3.37. The van der Waals surface area contributed by atoms with Crippen LogP contribution in [0.1, 0.15) is 36.5 Å². The molecule has 2 aliphatic rings. The number of aliphatic carboxylic acids is 1. The summed E-state index contributed by atoms with van der Waals surface area (Å²) in [5, 5.41) is 9.16. The SMILES string of the molecule is CC1CN(C(=O)c2ccc(S(=O)(=O)NC3CC3)cc2)CCC1C(=O)O. The highest BCUT2D eigenvalue weighted by atomic mass is 32.2. The van der Waals surface area contributed by atoms with Crippen LogP contribution in [-0.2, 0) is 14.8 Å². The van der Waals surface area contributed by atoms with Crippen molar-refractivity contribution in [3.05, 3.63) is 29.8 Å². The number of hydrogen-bond donors (Lipinski definition) is 2. The van der Waals surface area contributed by atoms with Crippen molar-refractivity contribution in [1.82, 2.24) is 9.62 Å². The molecular weight excluding hydrogens is 344 g/mol. The highest BCUT2D eigenvalue weighted by Crippen LogP contribution is 2.25. The van der Waals surface area contributed by atoms with E-state index in [-0.39, 0.29) is 22.8 Å². The lowest BCUT2D eigenvalue weighted by Gasteiger charge is -2.35. The number of amides is 1. The Labute approximate surface area is 147 Å². The highest BCUT2D eigenvalue weighted by molar-refractivity contribution is 7.89. The lowest BCUT2D eigenvalue weighted by Crippen LogP contribution is -2.45. The molecule has 2 unspecified atom stereocenters. The zero-order chi connectivity index (χ0) is 18.2. The van der Waals surface area contributed by atoms with Gasteiger partial charge in [-0.2, -0.15) is 0 Å². The molecule has 2 atom stereocenters. The number of carbonyl (C=O) groups is 2. The lowest BCUT2D eigenvalue weighted by atomic mass is 9.87. The molecule has 1 aromatic carbocycles. The monoisotopic (exact) mass is 366 g/mol. The van der Waals surface area contributed by atoms with E-state index in [0.29, 0.717) is 25.1 Å². The molecule has 0 bridgehead atoms. The van der Waals surface area contributed by atoms with Crippen molar-refractivity contribution in [3.63, 3.8) is 0 Å². The number of nitrogens with one attached hydrogen (secondary N) is 1. The maximum atomic E-state index is 12.6. The van der Waals surface area contributed by atoms with Crippen LogP contribution in [0.5, 0.6) is 0 Å². The Bertz CT molecular complexity index is 771. The van der Waals surface area contributed by atoms with E-state index >= 15 is 0 Å². The van der Waals surface area contributed by atoms with Crippen LogP contribution in [0.3, 0.4) is 0 Å². The van der Waals surface area contributed by atoms with E-state index in [9.17, 15) is 18.0 Å². The van der Waals surface area contributed by atoms with E-state index in [0.717, 1.165) is 12.8 Å². The predicted molar refractivity (Wildman–Crippen MR) is 90.6 cm³/mol. The molecular formula is C17H22N2O5S. The Balaban J connectivity index is 1.68. The number of rotatable bonds is 5. The van der Waals surface area contributed by atoms with Gasteiger partial charge in [0.1, 0.15) is 0 Å². The van der Waals surface area contributed by atoms with Gasteiger partial charge >= 0.3 is 5.97 Å². The molecule has 1 aromatic rings. The molecule has 2 N–H and O–H groups in total. The third kappa shape index (κ3) is 4.01. The first kappa shape index (κ1) is 17.9. The molecule has 1 saturated heterocycles. The second-order valence-electron chi connectivity index (χ2n) is 6.88. The van der Waals surface area contributed by atoms with Crippen molar-refractivity contribution >= 4 is 21.9 Å². The molecule has 1 aliphatic heterocycles. The number of benzene rings is 1. The number of piperidine rings is 1. The molecule has 7 nitrogen and oxygen atoms in total. The van der Waals surface area contributed by atoms with E-state index in [2.05, 4.69) is 4.72 Å². The normalized spacial score (nSPS) is 24.1. The first-order valence-corrected chi connectivity index (χ1v) is 9.91. The molecule has 3 rings (SSSR count). The molecule has 0 spiro atoms. The summed E-state index contributed by atoms with van der Waals surface area (Å²) in [6.07, 6.45) is 2.15. The highest BCUT2D eigenvalue weighted by Gasteiger charge is 2.33. The molecule has 1 aliphatic carbocycles. The van der Waals surface area contributed by atoms with Gasteiger partial charge in [0.05, 0.1) is 10.8 Å². The quantitative estimate of drug-likeness (QED) is 0.818. The fraction of sp³-hybridized carbons (Fsp3) is 0.529. The molecule has 0 radical (unpaired) electrons. The second kappa shape index (κ2) is 6.76. The first-order chi connectivity index (χ1) is 11.8. The van der Waals surface area contributed by atoms with Gasteiger partial charge in [-0.1, -0.05) is 6.92 Å². The molecule has 1 amide bonds. The van der Waals surface area contributed by atoms with E-state index in [1.54, 1.807) is 4.90 Å². The molecule has 0 aromatic heterocycles. The van der Waals surface area contributed by atoms with Crippen LogP contribution in [0, 0.1) is 11.8 Å². The van der Waals surface area contributed by atoms with Gasteiger partial charge in [-0.3, -0.25) is 9.59 Å². The number of carboxylic acids is 1. The van der Waals surface area contributed by atoms with Crippen molar-refractivity contribution in [2.45, 2.75) is 37.1 Å². The Morgan fingerprint density at radius 3 is 2.32 bits per heavy atom. The summed E-state index contributed by atoms with van der Waals surface area (Å²) in [6, 6.07) is 5.93. The Morgan fingerprint density at radius 1 is 1.16 bits per heavy atom. The van der Waals surface area contributed by atoms with Crippen LogP contribution in [-0.4, -0.2) is 49.4 Å². The molecule has 1 heterocycles. The van der Waals surface area contributed by atoms with Gasteiger partial charge < -0.3 is 10.0 Å². The molecule has 2 fully saturated rings. The van der Waals surface area contributed by atoms with Gasteiger partial charge in [0, 0.05) is 24.7 Å². The third-order valence-corrected chi connectivity index (χ3v) is 6.36. The maximum Gasteiger partial charge on any atom is 0.306 e. The summed E-state index contributed by atoms with van der Waals surface area (Å²) in [4.78, 5) is 25.5. The number of carboxylic acid groups (broad SMARTS) is 1. The fourth-order valence-corrected chi connectivity index (χ4v) is 4.45. The van der Waals surface area contributed by atoms with Gasteiger partial charge in [-0.05, 0) is 49.4 Å². The molecule has 25 heavy (non-hydrogen) atoms. The smallest absolute Gasteiger partial charge is 0.306 e. The Morgan fingerprint density at radius 2 is 1.80 bits per heavy atom. The fourth-order valence-electron chi connectivity index (χ4n) is 3.14. The van der Waals surface area contributed by atoms with Crippen LogP contribution >= 0.6 is 0 Å². The zero-order valence-electron chi connectivity index (χ0n) is 14.0. The van der Waals surface area contributed by atoms with Gasteiger partial charge in [0.25, 0.3) is 5.91 Å². The lowest BCUT2D eigenvalue weighted by molar-refractivity contribution is -0.145. The summed E-state index contributed by atoms with van der Waals surface area (Å²) in [5.41, 5.74) is 0.409. The van der Waals surface area contributed by atoms with Crippen LogP contribution in [0.2, 0.25) is 0 Å². The number of carbonyl (C=O) groups excluding carboxylic acids is 1. The Kier molecular flexibility index (Phi) is 4.83. The number of nitrogens with zero attached hydrogens (tertiary/aromatic N) is 1. The largest absolute Gasteiger partial charge is 0.481 e. The summed E-state index contributed by atoms with van der Waals surface area (Å²) in [7, 11) is -3.53. The minimum atomic E-state index is -3.53. The maximum absolute atomic E-state index is 12.6. The van der Waals surface area contributed by atoms with Crippen molar-refractivity contribution in [2.24, 2.45) is 11.8 Å². The van der Waals surface area contributed by atoms with Crippen molar-refractivity contribution in [3.8, 4) is 0 Å². The van der Waals surface area contributed by atoms with Crippen LogP contribution < -0.4 is 4.72 Å². The first-order valence-electron chi connectivity index (χ1n) is 8.42. The van der Waals surface area contributed by atoms with Crippen molar-refractivity contribution < 1.29 is 23.1 Å². The van der Waals surface area contributed by atoms with E-state index in [1.165, 1.54) is 24.3 Å². The third-order valence-electron chi connectivity index (χ3n) is 4.82. The van der Waals surface area contributed by atoms with Gasteiger partial charge in [-0.25, -0.2) is 13.1 Å². The average molecular weight is 366 g/mol. The topological polar surface area (TPSA) is 104 Å². The summed E-state index contributed by atoms with van der Waals surface area (Å²) >= 11 is 0. The van der Waals surface area contributed by atoms with Crippen molar-refractivity contribution in [1.29, 1.82) is 0 Å². The summed E-state index contributed by atoms with van der Waals surface area (Å²) in [6.45, 7) is 2.61. The summed E-state index contributed by atoms with van der Waals surface area (Å²) < 4.78 is 26.9. The zero-order valence-corrected chi connectivity index (χ0v) is 14.8. The minimum Gasteiger partial charge on any atom is -0.481 e. The second-order valence-corrected chi connectivity index (χ2v) is 8.60. The minimum absolute atomic E-state index is 0.0309. The van der Waals surface area contributed by atoms with E-state index < -0.39 is 21.9 Å². The molecule has 136 valence electrons. The van der Waals surface area contributed by atoms with Gasteiger partial charge in [-0.15, -0.1) is 0 Å². The summed E-state index contributed by atoms with van der Waals surface area (Å²) in [5.74, 6) is -1.56. The van der Waals surface area contributed by atoms with Crippen LogP contribution in [0.25, 0.3) is 0 Å². The number of likely N-dealkylation sites (tertiary alicyclic amines) is 1. The molecule has 1 saturated carbocycles. The molecule has 8 heteroatoms. The van der Waals surface area contributed by atoms with Crippen LogP contribution in [0.15, 0.2) is 29.2 Å². The van der Waals surface area contributed by atoms with Crippen LogP contribution in [0.4, 0.5) is 0 Å². The standard InChI is InChI=1S/C17H22N2O5S/c1-11-10-19(9-8-15(11)17(21)22)16(20)12-2-6-14(7-3-12)25(23,24)18-13-4-5-13/h2-3,6-7,11,13,15,18H,4-5,8-10H2,1H3,(H,21,22). The van der Waals surface area contributed by atoms with Gasteiger partial charge in [0.2, 0.25) is 10.0 Å². The van der Waals surface area contributed by atoms with Gasteiger partial charge in [0.15, 0.2) is 0 Å². The predicted octanol–water partition coefficient (Wildman–Crippen LogP) is 1.31. The number of hydrogen-bond acceptors (Lipinski definition) is 4. The van der Waals surface area contributed by atoms with E-state index in [4.69, 9.17) is 5.11 Å². The Hall–Kier alpha value is -1.93. The van der Waals surface area contributed by atoms with E-state index in [1.807, 2.05) is 6.92 Å². The van der Waals surface area contributed by atoms with Crippen molar-refractivity contribution in [2.75, 3.05) is 13.1 Å². The number of sulfonamides is 1.